The first-order valence-electron chi connectivity index (χ1n) is 7.45. The maximum atomic E-state index is 12.4. The Bertz CT molecular complexity index is 665. The summed E-state index contributed by atoms with van der Waals surface area (Å²) < 4.78 is 6.69. The maximum Gasteiger partial charge on any atom is 0.244 e. The zero-order valence-electron chi connectivity index (χ0n) is 13.7. The van der Waals surface area contributed by atoms with Gasteiger partial charge in [0.1, 0.15) is 17.4 Å². The molecule has 2 aromatic rings. The van der Waals surface area contributed by atoms with Gasteiger partial charge in [-0.3, -0.25) is 4.79 Å². The molecule has 2 aromatic carbocycles. The van der Waals surface area contributed by atoms with E-state index >= 15 is 0 Å². The minimum absolute atomic E-state index is 0. The number of nitrogens with two attached hydrogens (primary N) is 1. The van der Waals surface area contributed by atoms with Gasteiger partial charge in [-0.25, -0.2) is 0 Å². The Balaban J connectivity index is 0.00000288. The molecular formula is C18H22BrClN2O2. The van der Waals surface area contributed by atoms with Gasteiger partial charge >= 0.3 is 0 Å². The summed E-state index contributed by atoms with van der Waals surface area (Å²) in [6, 6.07) is 16.9. The smallest absolute Gasteiger partial charge is 0.244 e. The molecule has 0 spiro atoms. The molecular weight excluding hydrogens is 392 g/mol. The summed E-state index contributed by atoms with van der Waals surface area (Å²) in [6.45, 7) is 3.98. The van der Waals surface area contributed by atoms with E-state index in [1.807, 2.05) is 61.5 Å². The molecule has 4 nitrogen and oxygen atoms in total. The molecule has 130 valence electrons. The number of carbonyl (C=O) groups is 1. The second kappa shape index (κ2) is 9.06. The van der Waals surface area contributed by atoms with E-state index in [2.05, 4.69) is 21.2 Å². The first-order valence-corrected chi connectivity index (χ1v) is 8.24. The van der Waals surface area contributed by atoms with Crippen molar-refractivity contribution >= 4 is 34.2 Å². The van der Waals surface area contributed by atoms with Gasteiger partial charge < -0.3 is 15.8 Å². The van der Waals surface area contributed by atoms with E-state index in [9.17, 15) is 4.79 Å². The Hall–Kier alpha value is -1.56. The van der Waals surface area contributed by atoms with Crippen LogP contribution < -0.4 is 15.8 Å². The van der Waals surface area contributed by atoms with Crippen molar-refractivity contribution in [2.45, 2.75) is 25.5 Å². The van der Waals surface area contributed by atoms with Crippen LogP contribution in [-0.2, 0) is 10.3 Å². The number of halogens is 2. The van der Waals surface area contributed by atoms with E-state index in [0.717, 1.165) is 15.8 Å². The number of hydrogen-bond donors (Lipinski definition) is 2. The van der Waals surface area contributed by atoms with Crippen molar-refractivity contribution in [3.8, 4) is 5.75 Å². The molecule has 3 N–H and O–H groups in total. The fraction of sp³-hybridized carbons (Fsp3) is 0.278. The summed E-state index contributed by atoms with van der Waals surface area (Å²) in [4.78, 5) is 12.4. The van der Waals surface area contributed by atoms with Gasteiger partial charge in [0.05, 0.1) is 11.0 Å². The van der Waals surface area contributed by atoms with Gasteiger partial charge in [-0.15, -0.1) is 12.4 Å². The number of rotatable bonds is 6. The summed E-state index contributed by atoms with van der Waals surface area (Å²) in [5, 5.41) is 2.86. The lowest BCUT2D eigenvalue weighted by molar-refractivity contribution is -0.126. The summed E-state index contributed by atoms with van der Waals surface area (Å²) in [5.74, 6) is 0.513. The number of ether oxygens (including phenoxy) is 1. The van der Waals surface area contributed by atoms with Crippen molar-refractivity contribution in [2.75, 3.05) is 6.54 Å². The number of para-hydroxylation sites is 1. The van der Waals surface area contributed by atoms with Gasteiger partial charge in [0, 0.05) is 0 Å². The van der Waals surface area contributed by atoms with E-state index in [1.54, 1.807) is 6.92 Å². The lowest BCUT2D eigenvalue weighted by atomic mass is 9.92. The van der Waals surface area contributed by atoms with Crippen molar-refractivity contribution in [3.63, 3.8) is 0 Å². The van der Waals surface area contributed by atoms with Crippen LogP contribution in [0.3, 0.4) is 0 Å². The Kier molecular flexibility index (Phi) is 7.73. The Morgan fingerprint density at radius 3 is 2.42 bits per heavy atom. The zero-order valence-corrected chi connectivity index (χ0v) is 16.1. The van der Waals surface area contributed by atoms with Gasteiger partial charge in [-0.2, -0.15) is 0 Å². The minimum Gasteiger partial charge on any atom is -0.488 e. The SMILES string of the molecule is CC(CNC(=O)C(C)(N)c1ccccc1)Oc1ccccc1Br.Cl. The lowest BCUT2D eigenvalue weighted by Gasteiger charge is -2.25. The van der Waals surface area contributed by atoms with Crippen LogP contribution in [0.25, 0.3) is 0 Å². The predicted molar refractivity (Wildman–Crippen MR) is 102 cm³/mol. The molecule has 0 radical (unpaired) electrons. The van der Waals surface area contributed by atoms with E-state index in [4.69, 9.17) is 10.5 Å². The number of carbonyl (C=O) groups excluding carboxylic acids is 1. The molecule has 0 fully saturated rings. The molecule has 6 heteroatoms. The Morgan fingerprint density at radius 1 is 1.21 bits per heavy atom. The molecule has 0 saturated heterocycles. The van der Waals surface area contributed by atoms with Crippen molar-refractivity contribution in [1.82, 2.24) is 5.32 Å². The van der Waals surface area contributed by atoms with E-state index in [0.29, 0.717) is 6.54 Å². The monoisotopic (exact) mass is 412 g/mol. The van der Waals surface area contributed by atoms with Gasteiger partial charge in [0.15, 0.2) is 0 Å². The van der Waals surface area contributed by atoms with Crippen molar-refractivity contribution < 1.29 is 9.53 Å². The topological polar surface area (TPSA) is 64.4 Å². The minimum atomic E-state index is -1.08. The molecule has 0 aromatic heterocycles. The molecule has 0 aliphatic rings. The summed E-state index contributed by atoms with van der Waals surface area (Å²) in [5.41, 5.74) is 5.88. The second-order valence-electron chi connectivity index (χ2n) is 5.64. The fourth-order valence-electron chi connectivity index (χ4n) is 2.13. The highest BCUT2D eigenvalue weighted by Gasteiger charge is 2.30. The maximum absolute atomic E-state index is 12.4. The molecule has 1 amide bonds. The first-order chi connectivity index (χ1) is 10.9. The molecule has 0 heterocycles. The summed E-state index contributed by atoms with van der Waals surface area (Å²) in [7, 11) is 0. The van der Waals surface area contributed by atoms with Crippen LogP contribution >= 0.6 is 28.3 Å². The molecule has 24 heavy (non-hydrogen) atoms. The Labute approximate surface area is 157 Å². The largest absolute Gasteiger partial charge is 0.488 e. The molecule has 2 rings (SSSR count). The molecule has 2 atom stereocenters. The van der Waals surface area contributed by atoms with Crippen molar-refractivity contribution in [3.05, 3.63) is 64.6 Å². The molecule has 0 saturated carbocycles. The van der Waals surface area contributed by atoms with Gasteiger partial charge in [0.2, 0.25) is 5.91 Å². The number of nitrogens with one attached hydrogen (secondary N) is 1. The van der Waals surface area contributed by atoms with Crippen LogP contribution in [0.2, 0.25) is 0 Å². The first kappa shape index (κ1) is 20.5. The lowest BCUT2D eigenvalue weighted by Crippen LogP contribution is -2.50. The molecule has 0 aliphatic carbocycles. The second-order valence-corrected chi connectivity index (χ2v) is 6.49. The van der Waals surface area contributed by atoms with Gasteiger partial charge in [-0.05, 0) is 47.5 Å². The van der Waals surface area contributed by atoms with Gasteiger partial charge in [0.25, 0.3) is 0 Å². The number of amides is 1. The highest BCUT2D eigenvalue weighted by molar-refractivity contribution is 9.10. The van der Waals surface area contributed by atoms with Crippen LogP contribution in [0, 0.1) is 0 Å². The molecule has 2 unspecified atom stereocenters. The third-order valence-corrected chi connectivity index (χ3v) is 4.22. The number of hydrogen-bond acceptors (Lipinski definition) is 3. The fourth-order valence-corrected chi connectivity index (χ4v) is 2.51. The van der Waals surface area contributed by atoms with Crippen LogP contribution in [0.5, 0.6) is 5.75 Å². The third-order valence-electron chi connectivity index (χ3n) is 3.56. The molecule has 0 bridgehead atoms. The van der Waals surface area contributed by atoms with E-state index < -0.39 is 5.54 Å². The quantitative estimate of drug-likeness (QED) is 0.760. The molecule has 0 aliphatic heterocycles. The van der Waals surface area contributed by atoms with Crippen LogP contribution in [0.15, 0.2) is 59.1 Å². The van der Waals surface area contributed by atoms with Crippen LogP contribution in [-0.4, -0.2) is 18.6 Å². The van der Waals surface area contributed by atoms with Crippen molar-refractivity contribution in [2.24, 2.45) is 5.73 Å². The van der Waals surface area contributed by atoms with Crippen LogP contribution in [0.4, 0.5) is 0 Å². The van der Waals surface area contributed by atoms with Crippen LogP contribution in [0.1, 0.15) is 19.4 Å². The van der Waals surface area contributed by atoms with E-state index in [-0.39, 0.29) is 24.4 Å². The number of benzene rings is 2. The van der Waals surface area contributed by atoms with Crippen molar-refractivity contribution in [1.29, 1.82) is 0 Å². The average molecular weight is 414 g/mol. The van der Waals surface area contributed by atoms with E-state index in [1.165, 1.54) is 0 Å². The normalized spacial score (nSPS) is 14.0. The Morgan fingerprint density at radius 2 is 1.79 bits per heavy atom. The summed E-state index contributed by atoms with van der Waals surface area (Å²) >= 11 is 3.43. The third kappa shape index (κ3) is 5.23. The zero-order chi connectivity index (χ0) is 16.9. The van der Waals surface area contributed by atoms with Gasteiger partial charge in [-0.1, -0.05) is 42.5 Å². The standard InChI is InChI=1S/C18H21BrN2O2.ClH/c1-13(23-16-11-7-6-10-15(16)19)12-21-17(22)18(2,20)14-8-4-3-5-9-14;/h3-11,13H,12,20H2,1-2H3,(H,21,22);1H. The highest BCUT2D eigenvalue weighted by Crippen LogP contribution is 2.24. The average Bonchev–Trinajstić information content (AvgIpc) is 2.55. The predicted octanol–water partition coefficient (Wildman–Crippen LogP) is 3.63. The summed E-state index contributed by atoms with van der Waals surface area (Å²) in [6.07, 6.45) is -0.177. The highest BCUT2D eigenvalue weighted by atomic mass is 79.9.